The van der Waals surface area contributed by atoms with Crippen LogP contribution in [0.25, 0.3) is 0 Å². The molecule has 1 amide bonds. The molecule has 0 saturated heterocycles. The van der Waals surface area contributed by atoms with Gasteiger partial charge < -0.3 is 10.6 Å². The smallest absolute Gasteiger partial charge is 0.222 e. The van der Waals surface area contributed by atoms with Gasteiger partial charge in [-0.05, 0) is 16.7 Å². The fraction of sp³-hybridized carbons (Fsp3) is 0.462. The van der Waals surface area contributed by atoms with Gasteiger partial charge in [0.25, 0.3) is 0 Å². The summed E-state index contributed by atoms with van der Waals surface area (Å²) in [5.74, 6) is 0.162. The predicted octanol–water partition coefficient (Wildman–Crippen LogP) is 1.56. The number of hydrogen-bond acceptors (Lipinski definition) is 2. The first-order valence-electron chi connectivity index (χ1n) is 5.76. The van der Waals surface area contributed by atoms with E-state index in [1.165, 1.54) is 16.7 Å². The van der Waals surface area contributed by atoms with Gasteiger partial charge in [-0.3, -0.25) is 4.79 Å². The molecular weight excluding hydrogens is 200 g/mol. The molecule has 1 aromatic rings. The molecule has 16 heavy (non-hydrogen) atoms. The Hall–Kier alpha value is -1.35. The topological polar surface area (TPSA) is 41.1 Å². The summed E-state index contributed by atoms with van der Waals surface area (Å²) in [6.07, 6.45) is 0. The van der Waals surface area contributed by atoms with Crippen molar-refractivity contribution in [2.45, 2.75) is 33.5 Å². The average Bonchev–Trinajstić information content (AvgIpc) is 2.72. The molecule has 0 aliphatic carbocycles. The monoisotopic (exact) mass is 218 g/mol. The number of benzene rings is 1. The van der Waals surface area contributed by atoms with Gasteiger partial charge in [-0.15, -0.1) is 0 Å². The minimum absolute atomic E-state index is 0.0519. The largest absolute Gasteiger partial charge is 0.352 e. The summed E-state index contributed by atoms with van der Waals surface area (Å²) in [6, 6.07) is 6.41. The number of carbonyl (C=O) groups is 1. The first kappa shape index (κ1) is 11.1. The van der Waals surface area contributed by atoms with Crippen LogP contribution in [0.4, 0.5) is 0 Å². The molecule has 3 nitrogen and oxygen atoms in total. The summed E-state index contributed by atoms with van der Waals surface area (Å²) in [5, 5.41) is 6.24. The molecule has 2 rings (SSSR count). The number of hydrogen-bond donors (Lipinski definition) is 2. The third-order valence-electron chi connectivity index (χ3n) is 2.89. The molecule has 1 aromatic carbocycles. The first-order valence-corrected chi connectivity index (χ1v) is 5.76. The van der Waals surface area contributed by atoms with Gasteiger partial charge in [0.2, 0.25) is 5.91 Å². The maximum absolute atomic E-state index is 11.4. The van der Waals surface area contributed by atoms with E-state index < -0.39 is 0 Å². The van der Waals surface area contributed by atoms with Crippen molar-refractivity contribution in [3.8, 4) is 0 Å². The summed E-state index contributed by atoms with van der Waals surface area (Å²) < 4.78 is 0. The van der Waals surface area contributed by atoms with Crippen LogP contribution in [0.15, 0.2) is 18.2 Å². The van der Waals surface area contributed by atoms with Gasteiger partial charge in [0.1, 0.15) is 0 Å². The van der Waals surface area contributed by atoms with Crippen molar-refractivity contribution in [3.63, 3.8) is 0 Å². The SMILES string of the molecule is CC(C)C(=O)NCc1ccc2c(c1)CNC2. The van der Waals surface area contributed by atoms with Crippen molar-refractivity contribution in [1.82, 2.24) is 10.6 Å². The van der Waals surface area contributed by atoms with E-state index >= 15 is 0 Å². The number of fused-ring (bicyclic) bond motifs is 1. The van der Waals surface area contributed by atoms with E-state index in [1.54, 1.807) is 0 Å². The van der Waals surface area contributed by atoms with Crippen molar-refractivity contribution in [3.05, 3.63) is 34.9 Å². The molecule has 1 aliphatic heterocycles. The van der Waals surface area contributed by atoms with Crippen LogP contribution >= 0.6 is 0 Å². The summed E-state index contributed by atoms with van der Waals surface area (Å²) in [5.41, 5.74) is 3.91. The van der Waals surface area contributed by atoms with Crippen LogP contribution in [0.2, 0.25) is 0 Å². The number of rotatable bonds is 3. The van der Waals surface area contributed by atoms with Crippen molar-refractivity contribution < 1.29 is 4.79 Å². The molecule has 2 N–H and O–H groups in total. The van der Waals surface area contributed by atoms with Gasteiger partial charge in [-0.25, -0.2) is 0 Å². The normalized spacial score (nSPS) is 13.9. The molecule has 1 aliphatic rings. The highest BCUT2D eigenvalue weighted by molar-refractivity contribution is 5.77. The zero-order chi connectivity index (χ0) is 11.5. The summed E-state index contributed by atoms with van der Waals surface area (Å²) in [6.45, 7) is 6.35. The van der Waals surface area contributed by atoms with Crippen LogP contribution in [0.1, 0.15) is 30.5 Å². The molecule has 0 saturated carbocycles. The van der Waals surface area contributed by atoms with Gasteiger partial charge in [-0.2, -0.15) is 0 Å². The maximum atomic E-state index is 11.4. The molecule has 0 spiro atoms. The Kier molecular flexibility index (Phi) is 3.25. The predicted molar refractivity (Wildman–Crippen MR) is 63.7 cm³/mol. The lowest BCUT2D eigenvalue weighted by Crippen LogP contribution is -2.27. The Labute approximate surface area is 96.2 Å². The number of amides is 1. The first-order chi connectivity index (χ1) is 7.66. The van der Waals surface area contributed by atoms with Crippen molar-refractivity contribution >= 4 is 5.91 Å². The second-order valence-electron chi connectivity index (χ2n) is 4.58. The highest BCUT2D eigenvalue weighted by Gasteiger charge is 2.11. The van der Waals surface area contributed by atoms with Gasteiger partial charge in [0.05, 0.1) is 0 Å². The Morgan fingerprint density at radius 3 is 2.88 bits per heavy atom. The molecule has 0 fully saturated rings. The van der Waals surface area contributed by atoms with Crippen molar-refractivity contribution in [1.29, 1.82) is 0 Å². The second-order valence-corrected chi connectivity index (χ2v) is 4.58. The molecular formula is C13H18N2O. The Morgan fingerprint density at radius 2 is 2.12 bits per heavy atom. The van der Waals surface area contributed by atoms with Gasteiger partial charge >= 0.3 is 0 Å². The fourth-order valence-electron chi connectivity index (χ4n) is 1.85. The molecule has 3 heteroatoms. The number of nitrogens with one attached hydrogen (secondary N) is 2. The van der Waals surface area contributed by atoms with Crippen LogP contribution < -0.4 is 10.6 Å². The lowest BCUT2D eigenvalue weighted by molar-refractivity contribution is -0.124. The number of carbonyl (C=O) groups excluding carboxylic acids is 1. The lowest BCUT2D eigenvalue weighted by Gasteiger charge is -2.08. The third-order valence-corrected chi connectivity index (χ3v) is 2.89. The van der Waals surface area contributed by atoms with E-state index in [2.05, 4.69) is 28.8 Å². The zero-order valence-corrected chi connectivity index (χ0v) is 9.84. The summed E-state index contributed by atoms with van der Waals surface area (Å²) >= 11 is 0. The third kappa shape index (κ3) is 2.42. The molecule has 0 aromatic heterocycles. The van der Waals surface area contributed by atoms with Gasteiger partial charge in [-0.1, -0.05) is 32.0 Å². The molecule has 1 heterocycles. The van der Waals surface area contributed by atoms with Gasteiger partial charge in [0.15, 0.2) is 0 Å². The van der Waals surface area contributed by atoms with Crippen LogP contribution in [-0.2, 0) is 24.4 Å². The van der Waals surface area contributed by atoms with Crippen LogP contribution in [0.3, 0.4) is 0 Å². The lowest BCUT2D eigenvalue weighted by atomic mass is 10.1. The highest BCUT2D eigenvalue weighted by atomic mass is 16.1. The summed E-state index contributed by atoms with van der Waals surface area (Å²) in [4.78, 5) is 11.4. The quantitative estimate of drug-likeness (QED) is 0.808. The van der Waals surface area contributed by atoms with Crippen LogP contribution in [-0.4, -0.2) is 5.91 Å². The molecule has 0 atom stereocenters. The zero-order valence-electron chi connectivity index (χ0n) is 9.84. The minimum atomic E-state index is 0.0519. The maximum Gasteiger partial charge on any atom is 0.222 e. The van der Waals surface area contributed by atoms with Crippen molar-refractivity contribution in [2.75, 3.05) is 0 Å². The van der Waals surface area contributed by atoms with E-state index in [4.69, 9.17) is 0 Å². The summed E-state index contributed by atoms with van der Waals surface area (Å²) in [7, 11) is 0. The van der Waals surface area contributed by atoms with E-state index in [-0.39, 0.29) is 11.8 Å². The molecule has 0 unspecified atom stereocenters. The van der Waals surface area contributed by atoms with E-state index in [0.29, 0.717) is 6.54 Å². The van der Waals surface area contributed by atoms with E-state index in [9.17, 15) is 4.79 Å². The van der Waals surface area contributed by atoms with E-state index in [0.717, 1.165) is 13.1 Å². The second kappa shape index (κ2) is 4.66. The average molecular weight is 218 g/mol. The standard InChI is InChI=1S/C13H18N2O/c1-9(2)13(16)15-6-10-3-4-11-7-14-8-12(11)5-10/h3-5,9,14H,6-8H2,1-2H3,(H,15,16). The van der Waals surface area contributed by atoms with Gasteiger partial charge in [0, 0.05) is 25.6 Å². The molecule has 0 bridgehead atoms. The molecule has 0 radical (unpaired) electrons. The molecule has 86 valence electrons. The van der Waals surface area contributed by atoms with Crippen LogP contribution in [0.5, 0.6) is 0 Å². The fourth-order valence-corrected chi connectivity index (χ4v) is 1.85. The Morgan fingerprint density at radius 1 is 1.38 bits per heavy atom. The van der Waals surface area contributed by atoms with Crippen molar-refractivity contribution in [2.24, 2.45) is 5.92 Å². The van der Waals surface area contributed by atoms with E-state index in [1.807, 2.05) is 13.8 Å². The minimum Gasteiger partial charge on any atom is -0.352 e. The highest BCUT2D eigenvalue weighted by Crippen LogP contribution is 2.16. The Balaban J connectivity index is 1.98. The van der Waals surface area contributed by atoms with Crippen LogP contribution in [0, 0.1) is 5.92 Å². The Bertz CT molecular complexity index is 399.